The lowest BCUT2D eigenvalue weighted by Gasteiger charge is -2.07. The lowest BCUT2D eigenvalue weighted by Crippen LogP contribution is -1.85. The summed E-state index contributed by atoms with van der Waals surface area (Å²) in [7, 11) is 0. The van der Waals surface area contributed by atoms with E-state index in [1.807, 2.05) is 42.5 Å². The minimum atomic E-state index is -2.18. The molecule has 0 aliphatic heterocycles. The molecule has 0 fully saturated rings. The van der Waals surface area contributed by atoms with Gasteiger partial charge in [0.1, 0.15) is 0 Å². The SMILES string of the molecule is [2H]c1c([2H])c2cc(-c3ccc(C([2H])([2H])[2H])cn3)ccc2c2ccccc12. The molecule has 21 heavy (non-hydrogen) atoms. The Morgan fingerprint density at radius 2 is 1.76 bits per heavy atom. The zero-order chi connectivity index (χ0) is 18.5. The van der Waals surface area contributed by atoms with E-state index in [-0.39, 0.29) is 17.6 Å². The molecule has 0 N–H and O–H groups in total. The van der Waals surface area contributed by atoms with E-state index in [4.69, 9.17) is 6.85 Å². The molecule has 0 amide bonds. The molecule has 1 heteroatoms. The van der Waals surface area contributed by atoms with Crippen LogP contribution in [0.1, 0.15) is 12.4 Å². The van der Waals surface area contributed by atoms with E-state index in [1.165, 1.54) is 6.20 Å². The first-order valence-electron chi connectivity index (χ1n) is 9.25. The third-order valence-electron chi connectivity index (χ3n) is 3.63. The molecule has 0 unspecified atom stereocenters. The van der Waals surface area contributed by atoms with Gasteiger partial charge >= 0.3 is 0 Å². The molecule has 0 spiro atoms. The predicted octanol–water partition coefficient (Wildman–Crippen LogP) is 5.36. The molecule has 0 bridgehead atoms. The standard InChI is InChI=1S/C20H15N/c1-14-6-11-20(21-13-14)17-9-10-19-16(12-17)8-7-15-4-2-3-5-18(15)19/h2-13H,1H3/i1D3,7D,8D. The second-order valence-corrected chi connectivity index (χ2v) is 4.99. The highest BCUT2D eigenvalue weighted by Gasteiger charge is 2.03. The quantitative estimate of drug-likeness (QED) is 0.426. The van der Waals surface area contributed by atoms with Crippen molar-refractivity contribution in [3.05, 3.63) is 78.4 Å². The summed E-state index contributed by atoms with van der Waals surface area (Å²) in [6.45, 7) is -2.18. The van der Waals surface area contributed by atoms with Crippen LogP contribution in [-0.4, -0.2) is 4.98 Å². The number of benzene rings is 3. The summed E-state index contributed by atoms with van der Waals surface area (Å²) >= 11 is 0. The normalized spacial score (nSPS) is 15.1. The Hall–Kier alpha value is -2.67. The highest BCUT2D eigenvalue weighted by molar-refractivity contribution is 6.08. The summed E-state index contributed by atoms with van der Waals surface area (Å²) in [6, 6.07) is 16.9. The molecule has 0 aliphatic rings. The van der Waals surface area contributed by atoms with Crippen LogP contribution in [0.4, 0.5) is 0 Å². The monoisotopic (exact) mass is 274 g/mol. The Kier molecular flexibility index (Phi) is 1.78. The molecular weight excluding hydrogens is 254 g/mol. The topological polar surface area (TPSA) is 12.9 Å². The number of hydrogen-bond acceptors (Lipinski definition) is 1. The van der Waals surface area contributed by atoms with Crippen LogP contribution >= 0.6 is 0 Å². The van der Waals surface area contributed by atoms with Crippen LogP contribution in [0.25, 0.3) is 32.8 Å². The molecule has 1 nitrogen and oxygen atoms in total. The van der Waals surface area contributed by atoms with Gasteiger partial charge in [-0.3, -0.25) is 4.98 Å². The molecule has 0 radical (unpaired) electrons. The third kappa shape index (κ3) is 2.07. The van der Waals surface area contributed by atoms with Gasteiger partial charge in [-0.15, -0.1) is 0 Å². The smallest absolute Gasteiger partial charge is 0.0702 e. The fourth-order valence-electron chi connectivity index (χ4n) is 2.57. The number of pyridine rings is 1. The van der Waals surface area contributed by atoms with Gasteiger partial charge in [0.2, 0.25) is 0 Å². The minimum Gasteiger partial charge on any atom is -0.256 e. The van der Waals surface area contributed by atoms with Gasteiger partial charge in [0.25, 0.3) is 0 Å². The van der Waals surface area contributed by atoms with Crippen molar-refractivity contribution >= 4 is 21.5 Å². The Morgan fingerprint density at radius 3 is 2.62 bits per heavy atom. The van der Waals surface area contributed by atoms with Gasteiger partial charge in [0.05, 0.1) is 8.44 Å². The van der Waals surface area contributed by atoms with Crippen molar-refractivity contribution in [3.8, 4) is 11.3 Å². The zero-order valence-electron chi connectivity index (χ0n) is 16.2. The Labute approximate surface area is 130 Å². The average molecular weight is 274 g/mol. The van der Waals surface area contributed by atoms with Crippen LogP contribution in [-0.2, 0) is 0 Å². The van der Waals surface area contributed by atoms with Gasteiger partial charge in [-0.2, -0.15) is 0 Å². The molecule has 3 aromatic carbocycles. The first kappa shape index (κ1) is 7.94. The summed E-state index contributed by atoms with van der Waals surface area (Å²) in [4.78, 5) is 4.27. The van der Waals surface area contributed by atoms with E-state index >= 15 is 0 Å². The van der Waals surface area contributed by atoms with Gasteiger partial charge in [0.15, 0.2) is 0 Å². The molecule has 0 atom stereocenters. The van der Waals surface area contributed by atoms with E-state index in [0.717, 1.165) is 21.7 Å². The Bertz CT molecular complexity index is 1130. The Morgan fingerprint density at radius 1 is 0.905 bits per heavy atom. The molecule has 4 rings (SSSR count). The van der Waals surface area contributed by atoms with Crippen molar-refractivity contribution in [1.29, 1.82) is 0 Å². The van der Waals surface area contributed by atoms with Crippen molar-refractivity contribution < 1.29 is 6.85 Å². The Balaban J connectivity index is 1.91. The highest BCUT2D eigenvalue weighted by Crippen LogP contribution is 2.28. The third-order valence-corrected chi connectivity index (χ3v) is 3.63. The maximum atomic E-state index is 8.36. The van der Waals surface area contributed by atoms with Crippen molar-refractivity contribution in [2.45, 2.75) is 6.85 Å². The van der Waals surface area contributed by atoms with Crippen molar-refractivity contribution in [1.82, 2.24) is 4.98 Å². The van der Waals surface area contributed by atoms with Gasteiger partial charge in [-0.25, -0.2) is 0 Å². The van der Waals surface area contributed by atoms with Crippen LogP contribution in [0, 0.1) is 6.85 Å². The van der Waals surface area contributed by atoms with Crippen LogP contribution in [0.3, 0.4) is 0 Å². The average Bonchev–Trinajstić information content (AvgIpc) is 2.65. The van der Waals surface area contributed by atoms with E-state index in [2.05, 4.69) is 4.98 Å². The van der Waals surface area contributed by atoms with Crippen molar-refractivity contribution in [2.24, 2.45) is 0 Å². The lowest BCUT2D eigenvalue weighted by atomic mass is 9.99. The molecule has 0 aliphatic carbocycles. The minimum absolute atomic E-state index is 0.180. The molecule has 1 aromatic heterocycles. The summed E-state index contributed by atoms with van der Waals surface area (Å²) in [5, 5.41) is 3.32. The van der Waals surface area contributed by atoms with Crippen LogP contribution in [0.2, 0.25) is 0 Å². The lowest BCUT2D eigenvalue weighted by molar-refractivity contribution is 1.27. The molecule has 4 aromatic rings. The van der Waals surface area contributed by atoms with E-state index in [9.17, 15) is 0 Å². The van der Waals surface area contributed by atoms with E-state index in [0.29, 0.717) is 11.1 Å². The van der Waals surface area contributed by atoms with E-state index in [1.54, 1.807) is 12.1 Å². The molecule has 0 saturated heterocycles. The molecule has 100 valence electrons. The second-order valence-electron chi connectivity index (χ2n) is 4.99. The fraction of sp³-hybridized carbons (Fsp3) is 0.0500. The summed E-state index contributed by atoms with van der Waals surface area (Å²) in [5.41, 5.74) is 1.62. The number of hydrogen-bond donors (Lipinski definition) is 0. The molecule has 1 heterocycles. The first-order chi connectivity index (χ1) is 12.4. The van der Waals surface area contributed by atoms with E-state index < -0.39 is 6.85 Å². The van der Waals surface area contributed by atoms with Gasteiger partial charge < -0.3 is 0 Å². The number of rotatable bonds is 1. The molecule has 0 saturated carbocycles. The maximum Gasteiger partial charge on any atom is 0.0702 e. The van der Waals surface area contributed by atoms with Crippen LogP contribution in [0.5, 0.6) is 0 Å². The van der Waals surface area contributed by atoms with Gasteiger partial charge in [-0.05, 0) is 46.1 Å². The van der Waals surface area contributed by atoms with Crippen molar-refractivity contribution in [2.75, 3.05) is 0 Å². The van der Waals surface area contributed by atoms with Gasteiger partial charge in [-0.1, -0.05) is 54.5 Å². The van der Waals surface area contributed by atoms with Crippen LogP contribution < -0.4 is 0 Å². The first-order valence-corrected chi connectivity index (χ1v) is 6.75. The number of aromatic nitrogens is 1. The van der Waals surface area contributed by atoms with Crippen LogP contribution in [0.15, 0.2) is 72.9 Å². The summed E-state index contributed by atoms with van der Waals surface area (Å²) < 4.78 is 38.9. The second kappa shape index (κ2) is 4.71. The van der Waals surface area contributed by atoms with Crippen molar-refractivity contribution in [3.63, 3.8) is 0 Å². The summed E-state index contributed by atoms with van der Waals surface area (Å²) in [5.74, 6) is 0. The summed E-state index contributed by atoms with van der Waals surface area (Å²) in [6.07, 6.45) is 1.37. The molecular formula is C20H15N. The largest absolute Gasteiger partial charge is 0.256 e. The predicted molar refractivity (Wildman–Crippen MR) is 89.4 cm³/mol. The fourth-order valence-corrected chi connectivity index (χ4v) is 2.57. The number of nitrogens with zero attached hydrogens (tertiary/aromatic N) is 1. The zero-order valence-corrected chi connectivity index (χ0v) is 11.2. The number of fused-ring (bicyclic) bond motifs is 3. The number of aryl methyl sites for hydroxylation is 1. The maximum absolute atomic E-state index is 8.36. The highest BCUT2D eigenvalue weighted by atomic mass is 14.7. The van der Waals surface area contributed by atoms with Gasteiger partial charge in [0, 0.05) is 15.9 Å².